The maximum atomic E-state index is 14.3. The van der Waals surface area contributed by atoms with Gasteiger partial charge in [-0.3, -0.25) is 0 Å². The number of piperidine rings is 1. The number of hydrogen-bond acceptors (Lipinski definition) is 5. The Morgan fingerprint density at radius 2 is 2.00 bits per heavy atom. The first-order valence-electron chi connectivity index (χ1n) is 7.63. The lowest BCUT2D eigenvalue weighted by Gasteiger charge is -2.38. The van der Waals surface area contributed by atoms with E-state index < -0.39 is 17.6 Å². The molecule has 2 aliphatic rings. The van der Waals surface area contributed by atoms with Crippen molar-refractivity contribution in [3.63, 3.8) is 0 Å². The fourth-order valence-electron chi connectivity index (χ4n) is 2.98. The Balaban J connectivity index is 1.69. The summed E-state index contributed by atoms with van der Waals surface area (Å²) in [6, 6.07) is 4.47. The smallest absolute Gasteiger partial charge is 0.338 e. The summed E-state index contributed by atoms with van der Waals surface area (Å²) < 4.78 is 30.5. The van der Waals surface area contributed by atoms with Crippen molar-refractivity contribution in [1.29, 1.82) is 0 Å². The third-order valence-corrected chi connectivity index (χ3v) is 4.14. The molecule has 0 aromatic heterocycles. The van der Waals surface area contributed by atoms with E-state index in [1.807, 2.05) is 4.90 Å². The van der Waals surface area contributed by atoms with Crippen molar-refractivity contribution in [2.75, 3.05) is 37.8 Å². The van der Waals surface area contributed by atoms with E-state index in [0.717, 1.165) is 0 Å². The molecule has 6 heteroatoms. The van der Waals surface area contributed by atoms with Gasteiger partial charge in [0.1, 0.15) is 5.82 Å². The summed E-state index contributed by atoms with van der Waals surface area (Å²) in [5.74, 6) is -1.38. The highest BCUT2D eigenvalue weighted by molar-refractivity contribution is 5.89. The second-order valence-electron chi connectivity index (χ2n) is 5.48. The van der Waals surface area contributed by atoms with Crippen molar-refractivity contribution in [2.24, 2.45) is 0 Å². The highest BCUT2D eigenvalue weighted by Gasteiger charge is 2.40. The number of hydrogen-bond donors (Lipinski definition) is 0. The maximum Gasteiger partial charge on any atom is 0.338 e. The number of ether oxygens (including phenoxy) is 3. The van der Waals surface area contributed by atoms with Crippen LogP contribution in [0, 0.1) is 5.82 Å². The largest absolute Gasteiger partial charge is 0.462 e. The van der Waals surface area contributed by atoms with E-state index in [4.69, 9.17) is 14.2 Å². The molecule has 0 unspecified atom stereocenters. The van der Waals surface area contributed by atoms with Crippen LogP contribution in [0.15, 0.2) is 18.2 Å². The molecule has 2 heterocycles. The lowest BCUT2D eigenvalue weighted by Crippen LogP contribution is -2.45. The first-order chi connectivity index (χ1) is 10.6. The minimum absolute atomic E-state index is 0.235. The third-order valence-electron chi connectivity index (χ3n) is 4.14. The van der Waals surface area contributed by atoms with Crippen molar-refractivity contribution in [3.05, 3.63) is 29.6 Å². The molecule has 5 nitrogen and oxygen atoms in total. The SMILES string of the molecule is CCOC(=O)c1ccc(N2CCC3(CC2)OCCO3)c(F)c1. The molecule has 0 atom stereocenters. The first-order valence-corrected chi connectivity index (χ1v) is 7.63. The zero-order chi connectivity index (χ0) is 15.6. The highest BCUT2D eigenvalue weighted by atomic mass is 19.1. The molecule has 0 N–H and O–H groups in total. The van der Waals surface area contributed by atoms with Gasteiger partial charge in [0.25, 0.3) is 0 Å². The maximum absolute atomic E-state index is 14.3. The Bertz CT molecular complexity index is 547. The molecule has 0 aliphatic carbocycles. The standard InChI is InChI=1S/C16H20FNO4/c1-2-20-15(19)12-3-4-14(13(17)11-12)18-7-5-16(6-8-18)21-9-10-22-16/h3-4,11H,2,5-10H2,1H3. The number of esters is 1. The molecule has 0 amide bonds. The van der Waals surface area contributed by atoms with E-state index in [0.29, 0.717) is 44.8 Å². The number of nitrogens with zero attached hydrogens (tertiary/aromatic N) is 1. The molecule has 2 aliphatic heterocycles. The van der Waals surface area contributed by atoms with Gasteiger partial charge in [-0.1, -0.05) is 0 Å². The zero-order valence-corrected chi connectivity index (χ0v) is 12.6. The summed E-state index contributed by atoms with van der Waals surface area (Å²) >= 11 is 0. The van der Waals surface area contributed by atoms with Crippen LogP contribution in [0.1, 0.15) is 30.1 Å². The Labute approximate surface area is 128 Å². The van der Waals surface area contributed by atoms with Crippen LogP contribution in [-0.2, 0) is 14.2 Å². The normalized spacial score (nSPS) is 20.4. The van der Waals surface area contributed by atoms with E-state index in [-0.39, 0.29) is 12.2 Å². The average Bonchev–Trinajstić information content (AvgIpc) is 2.97. The van der Waals surface area contributed by atoms with Gasteiger partial charge in [0, 0.05) is 25.9 Å². The fourth-order valence-corrected chi connectivity index (χ4v) is 2.98. The average molecular weight is 309 g/mol. The molecule has 3 rings (SSSR count). The van der Waals surface area contributed by atoms with Gasteiger partial charge in [0.05, 0.1) is 31.1 Å². The molecule has 0 bridgehead atoms. The Morgan fingerprint density at radius 3 is 2.59 bits per heavy atom. The Kier molecular flexibility index (Phi) is 4.31. The van der Waals surface area contributed by atoms with Crippen molar-refractivity contribution in [3.8, 4) is 0 Å². The van der Waals surface area contributed by atoms with Crippen LogP contribution in [-0.4, -0.2) is 44.7 Å². The fraction of sp³-hybridized carbons (Fsp3) is 0.562. The Hall–Kier alpha value is -1.66. The zero-order valence-electron chi connectivity index (χ0n) is 12.6. The van der Waals surface area contributed by atoms with E-state index in [9.17, 15) is 9.18 Å². The van der Waals surface area contributed by atoms with Gasteiger partial charge in [0.2, 0.25) is 0 Å². The van der Waals surface area contributed by atoms with Gasteiger partial charge in [-0.2, -0.15) is 0 Å². The summed E-state index contributed by atoms with van der Waals surface area (Å²) in [7, 11) is 0. The van der Waals surface area contributed by atoms with Crippen molar-refractivity contribution in [1.82, 2.24) is 0 Å². The monoisotopic (exact) mass is 309 g/mol. The van der Waals surface area contributed by atoms with Crippen molar-refractivity contribution >= 4 is 11.7 Å². The molecule has 2 saturated heterocycles. The van der Waals surface area contributed by atoms with E-state index >= 15 is 0 Å². The first kappa shape index (κ1) is 15.2. The summed E-state index contributed by atoms with van der Waals surface area (Å²) in [6.07, 6.45) is 1.43. The van der Waals surface area contributed by atoms with E-state index in [1.54, 1.807) is 19.1 Å². The molecule has 0 radical (unpaired) electrons. The number of rotatable bonds is 3. The van der Waals surface area contributed by atoms with Crippen molar-refractivity contribution < 1.29 is 23.4 Å². The molecule has 1 spiro atoms. The minimum Gasteiger partial charge on any atom is -0.462 e. The van der Waals surface area contributed by atoms with Gasteiger partial charge in [-0.25, -0.2) is 9.18 Å². The summed E-state index contributed by atoms with van der Waals surface area (Å²) in [5, 5.41) is 0. The van der Waals surface area contributed by atoms with Gasteiger partial charge < -0.3 is 19.1 Å². The van der Waals surface area contributed by atoms with Crippen LogP contribution in [0.2, 0.25) is 0 Å². The molecular formula is C16H20FNO4. The Morgan fingerprint density at radius 1 is 1.32 bits per heavy atom. The second-order valence-corrected chi connectivity index (χ2v) is 5.48. The molecule has 120 valence electrons. The van der Waals surface area contributed by atoms with Gasteiger partial charge >= 0.3 is 5.97 Å². The topological polar surface area (TPSA) is 48.0 Å². The van der Waals surface area contributed by atoms with Crippen LogP contribution in [0.25, 0.3) is 0 Å². The van der Waals surface area contributed by atoms with E-state index in [1.165, 1.54) is 6.07 Å². The summed E-state index contributed by atoms with van der Waals surface area (Å²) in [4.78, 5) is 13.6. The summed E-state index contributed by atoms with van der Waals surface area (Å²) in [6.45, 7) is 4.58. The molecule has 22 heavy (non-hydrogen) atoms. The van der Waals surface area contributed by atoms with E-state index in [2.05, 4.69) is 0 Å². The number of carbonyl (C=O) groups excluding carboxylic acids is 1. The van der Waals surface area contributed by atoms with Crippen LogP contribution in [0.3, 0.4) is 0 Å². The quantitative estimate of drug-likeness (QED) is 0.802. The lowest BCUT2D eigenvalue weighted by atomic mass is 10.0. The number of benzene rings is 1. The van der Waals surface area contributed by atoms with Crippen molar-refractivity contribution in [2.45, 2.75) is 25.6 Å². The van der Waals surface area contributed by atoms with Gasteiger partial charge in [-0.15, -0.1) is 0 Å². The molecule has 2 fully saturated rings. The third kappa shape index (κ3) is 2.94. The minimum atomic E-state index is -0.502. The number of halogens is 1. The number of anilines is 1. The second kappa shape index (κ2) is 6.22. The molecule has 1 aromatic carbocycles. The summed E-state index contributed by atoms with van der Waals surface area (Å²) in [5.41, 5.74) is 0.736. The molecule has 0 saturated carbocycles. The van der Waals surface area contributed by atoms with Crippen LogP contribution in [0.5, 0.6) is 0 Å². The molecule has 1 aromatic rings. The van der Waals surface area contributed by atoms with Crippen LogP contribution >= 0.6 is 0 Å². The van der Waals surface area contributed by atoms with Crippen LogP contribution in [0.4, 0.5) is 10.1 Å². The highest BCUT2D eigenvalue weighted by Crippen LogP contribution is 2.34. The van der Waals surface area contributed by atoms with Gasteiger partial charge in [0.15, 0.2) is 5.79 Å². The predicted molar refractivity (Wildman–Crippen MR) is 78.4 cm³/mol. The molecular weight excluding hydrogens is 289 g/mol. The lowest BCUT2D eigenvalue weighted by molar-refractivity contribution is -0.169. The van der Waals surface area contributed by atoms with Crippen LogP contribution < -0.4 is 4.90 Å². The predicted octanol–water partition coefficient (Wildman–Crippen LogP) is 2.35. The van der Waals surface area contributed by atoms with Gasteiger partial charge in [-0.05, 0) is 25.1 Å². The number of carbonyl (C=O) groups is 1.